The number of fused-ring (bicyclic) bond motifs is 7. The van der Waals surface area contributed by atoms with Gasteiger partial charge >= 0.3 is 0 Å². The Bertz CT molecular complexity index is 1170. The summed E-state index contributed by atoms with van der Waals surface area (Å²) in [6.07, 6.45) is 10.5. The first-order valence-electron chi connectivity index (χ1n) is 11.8. The summed E-state index contributed by atoms with van der Waals surface area (Å²) in [6, 6.07) is 12.4. The predicted octanol–water partition coefficient (Wildman–Crippen LogP) is 3.71. The number of aryl methyl sites for hydroxylation is 1. The fourth-order valence-electron chi connectivity index (χ4n) is 4.17. The third kappa shape index (κ3) is 5.70. The van der Waals surface area contributed by atoms with Gasteiger partial charge in [-0.1, -0.05) is 18.7 Å². The van der Waals surface area contributed by atoms with E-state index in [0.29, 0.717) is 11.8 Å². The molecule has 6 rings (SSSR count). The second kappa shape index (κ2) is 10.3. The van der Waals surface area contributed by atoms with E-state index in [-0.39, 0.29) is 0 Å². The van der Waals surface area contributed by atoms with Gasteiger partial charge in [0.2, 0.25) is 5.95 Å². The zero-order valence-corrected chi connectivity index (χ0v) is 19.3. The molecule has 2 aromatic heterocycles. The van der Waals surface area contributed by atoms with Crippen LogP contribution in [0.1, 0.15) is 24.1 Å². The summed E-state index contributed by atoms with van der Waals surface area (Å²) in [4.78, 5) is 22.6. The number of anilines is 2. The Hall–Kier alpha value is -3.94. The summed E-state index contributed by atoms with van der Waals surface area (Å²) in [7, 11) is 0. The Morgan fingerprint density at radius 1 is 0.912 bits per heavy atom. The lowest BCUT2D eigenvalue weighted by Crippen LogP contribution is -2.35. The normalized spacial score (nSPS) is 16.8. The van der Waals surface area contributed by atoms with Gasteiger partial charge in [-0.2, -0.15) is 4.98 Å². The number of rotatable bonds is 0. The van der Waals surface area contributed by atoms with Crippen LogP contribution in [0.3, 0.4) is 0 Å². The van der Waals surface area contributed by atoms with E-state index < -0.39 is 0 Å². The Balaban J connectivity index is 1.40. The topological polar surface area (TPSA) is 82.1 Å². The Morgan fingerprint density at radius 3 is 2.74 bits per heavy atom. The Kier molecular flexibility index (Phi) is 6.65. The standard InChI is InChI=1S/C26H30N8/c1-20-8-11-33-12-14-34(15-13-33)18-21-4-2-5-24(16-21)31-26-30-19-29-25(32-26)22-7-10-28-23(17-22)6-3-9-27-20/h2,4-5,7,10,12,14,16-17,19,27H,1,3,6,8-9,11,13,15,18H2,(H,29,30,31,32). The van der Waals surface area contributed by atoms with E-state index in [2.05, 4.69) is 83.6 Å². The minimum absolute atomic E-state index is 0.527. The highest BCUT2D eigenvalue weighted by molar-refractivity contribution is 5.59. The van der Waals surface area contributed by atoms with Gasteiger partial charge in [0.05, 0.1) is 0 Å². The molecule has 0 unspecified atom stereocenters. The highest BCUT2D eigenvalue weighted by Gasteiger charge is 2.12. The maximum Gasteiger partial charge on any atom is 0.230 e. The number of aromatic nitrogens is 4. The molecule has 8 nitrogen and oxygen atoms in total. The van der Waals surface area contributed by atoms with Crippen LogP contribution in [0.2, 0.25) is 0 Å². The molecule has 5 heterocycles. The lowest BCUT2D eigenvalue weighted by Gasteiger charge is -2.31. The molecular formula is C26H30N8. The van der Waals surface area contributed by atoms with Crippen molar-refractivity contribution in [2.45, 2.75) is 25.8 Å². The van der Waals surface area contributed by atoms with Gasteiger partial charge < -0.3 is 20.4 Å². The van der Waals surface area contributed by atoms with E-state index in [1.165, 1.54) is 5.56 Å². The lowest BCUT2D eigenvalue weighted by atomic mass is 10.1. The van der Waals surface area contributed by atoms with E-state index in [1.54, 1.807) is 6.33 Å². The molecule has 0 fully saturated rings. The van der Waals surface area contributed by atoms with Crippen LogP contribution < -0.4 is 10.6 Å². The average Bonchev–Trinajstić information content (AvgIpc) is 2.86. The molecule has 2 N–H and O–H groups in total. The van der Waals surface area contributed by atoms with Gasteiger partial charge in [-0.05, 0) is 42.7 Å². The lowest BCUT2D eigenvalue weighted by molar-refractivity contribution is 0.257. The fourth-order valence-corrected chi connectivity index (χ4v) is 4.17. The molecule has 174 valence electrons. The van der Waals surface area contributed by atoms with Gasteiger partial charge in [-0.15, -0.1) is 0 Å². The van der Waals surface area contributed by atoms with Crippen molar-refractivity contribution < 1.29 is 0 Å². The highest BCUT2D eigenvalue weighted by Crippen LogP contribution is 2.20. The fraction of sp³-hybridized carbons (Fsp3) is 0.308. The number of nitrogens with one attached hydrogen (secondary N) is 2. The molecule has 8 heteroatoms. The van der Waals surface area contributed by atoms with Crippen molar-refractivity contribution in [3.8, 4) is 11.4 Å². The molecule has 8 bridgehead atoms. The summed E-state index contributed by atoms with van der Waals surface area (Å²) in [6.45, 7) is 8.93. The van der Waals surface area contributed by atoms with Crippen LogP contribution in [-0.2, 0) is 13.0 Å². The van der Waals surface area contributed by atoms with E-state index in [9.17, 15) is 0 Å². The molecule has 0 saturated heterocycles. The van der Waals surface area contributed by atoms with Crippen LogP contribution in [0.5, 0.6) is 0 Å². The number of hydrogen-bond acceptors (Lipinski definition) is 8. The molecule has 0 saturated carbocycles. The zero-order chi connectivity index (χ0) is 23.2. The average molecular weight is 455 g/mol. The summed E-state index contributed by atoms with van der Waals surface area (Å²) in [5, 5.41) is 6.81. The minimum atomic E-state index is 0.527. The predicted molar refractivity (Wildman–Crippen MR) is 134 cm³/mol. The molecule has 0 amide bonds. The van der Waals surface area contributed by atoms with Gasteiger partial charge in [-0.25, -0.2) is 9.97 Å². The minimum Gasteiger partial charge on any atom is -0.389 e. The van der Waals surface area contributed by atoms with Crippen molar-refractivity contribution in [1.29, 1.82) is 0 Å². The molecule has 0 atom stereocenters. The first kappa shape index (κ1) is 21.9. The highest BCUT2D eigenvalue weighted by atomic mass is 15.2. The molecule has 34 heavy (non-hydrogen) atoms. The summed E-state index contributed by atoms with van der Waals surface area (Å²) < 4.78 is 0. The van der Waals surface area contributed by atoms with Crippen LogP contribution in [-0.4, -0.2) is 55.9 Å². The van der Waals surface area contributed by atoms with E-state index >= 15 is 0 Å². The largest absolute Gasteiger partial charge is 0.389 e. The van der Waals surface area contributed by atoms with Crippen molar-refractivity contribution in [2.75, 3.05) is 31.5 Å². The first-order chi connectivity index (χ1) is 16.7. The third-order valence-corrected chi connectivity index (χ3v) is 6.06. The summed E-state index contributed by atoms with van der Waals surface area (Å²) >= 11 is 0. The van der Waals surface area contributed by atoms with Crippen molar-refractivity contribution in [1.82, 2.24) is 35.1 Å². The van der Waals surface area contributed by atoms with Gasteiger partial charge in [0.25, 0.3) is 0 Å². The Morgan fingerprint density at radius 2 is 1.82 bits per heavy atom. The molecule has 0 spiro atoms. The van der Waals surface area contributed by atoms with E-state index in [0.717, 1.165) is 74.6 Å². The first-order valence-corrected chi connectivity index (χ1v) is 11.8. The summed E-state index contributed by atoms with van der Waals surface area (Å²) in [5.41, 5.74) is 5.24. The molecule has 3 aliphatic heterocycles. The molecule has 3 aliphatic rings. The van der Waals surface area contributed by atoms with E-state index in [4.69, 9.17) is 0 Å². The van der Waals surface area contributed by atoms with Gasteiger partial charge in [-0.3, -0.25) is 4.98 Å². The van der Waals surface area contributed by atoms with Gasteiger partial charge in [0.15, 0.2) is 5.82 Å². The monoisotopic (exact) mass is 454 g/mol. The van der Waals surface area contributed by atoms with E-state index in [1.807, 2.05) is 18.3 Å². The van der Waals surface area contributed by atoms with Crippen LogP contribution in [0, 0.1) is 0 Å². The number of pyridine rings is 1. The van der Waals surface area contributed by atoms with Gasteiger partial charge in [0, 0.05) is 80.4 Å². The third-order valence-electron chi connectivity index (χ3n) is 6.06. The van der Waals surface area contributed by atoms with Crippen molar-refractivity contribution in [3.63, 3.8) is 0 Å². The quantitative estimate of drug-likeness (QED) is 0.532. The van der Waals surface area contributed by atoms with Crippen LogP contribution in [0.15, 0.2) is 73.6 Å². The van der Waals surface area contributed by atoms with Crippen LogP contribution >= 0.6 is 0 Å². The number of nitrogens with zero attached hydrogens (tertiary/aromatic N) is 6. The zero-order valence-electron chi connectivity index (χ0n) is 19.3. The maximum atomic E-state index is 4.65. The number of benzene rings is 1. The molecular weight excluding hydrogens is 424 g/mol. The smallest absolute Gasteiger partial charge is 0.230 e. The SMILES string of the molecule is C=C1CCN2C=CN(CC2)Cc2cccc(c2)Nc2ncnc(n2)-c2ccnc(c2)CCCN1. The van der Waals surface area contributed by atoms with Crippen molar-refractivity contribution in [3.05, 3.63) is 84.9 Å². The number of hydrogen-bond donors (Lipinski definition) is 2. The molecule has 3 aromatic rings. The molecule has 1 aromatic carbocycles. The van der Waals surface area contributed by atoms with Crippen LogP contribution in [0.4, 0.5) is 11.6 Å². The maximum absolute atomic E-state index is 4.65. The summed E-state index contributed by atoms with van der Waals surface area (Å²) in [5.74, 6) is 1.16. The van der Waals surface area contributed by atoms with Crippen LogP contribution in [0.25, 0.3) is 11.4 Å². The second-order valence-corrected chi connectivity index (χ2v) is 8.68. The van der Waals surface area contributed by atoms with Crippen molar-refractivity contribution >= 4 is 11.6 Å². The second-order valence-electron chi connectivity index (χ2n) is 8.68. The molecule has 0 radical (unpaired) electrons. The Labute approximate surface area is 200 Å². The van der Waals surface area contributed by atoms with Gasteiger partial charge in [0.1, 0.15) is 6.33 Å². The molecule has 0 aliphatic carbocycles. The van der Waals surface area contributed by atoms with Crippen molar-refractivity contribution in [2.24, 2.45) is 0 Å².